The van der Waals surface area contributed by atoms with Crippen LogP contribution in [0.3, 0.4) is 0 Å². The van der Waals surface area contributed by atoms with Crippen LogP contribution in [0, 0.1) is 18.8 Å². The quantitative estimate of drug-likeness (QED) is 0.792. The van der Waals surface area contributed by atoms with Gasteiger partial charge < -0.3 is 9.47 Å². The van der Waals surface area contributed by atoms with Crippen LogP contribution < -0.4 is 0 Å². The van der Waals surface area contributed by atoms with Crippen molar-refractivity contribution < 1.29 is 18.0 Å². The molecule has 0 bridgehead atoms. The molecule has 5 nitrogen and oxygen atoms in total. The second-order valence-electron chi connectivity index (χ2n) is 8.14. The third-order valence-electron chi connectivity index (χ3n) is 5.88. The molecule has 28 heavy (non-hydrogen) atoms. The van der Waals surface area contributed by atoms with E-state index < -0.39 is 11.7 Å². The summed E-state index contributed by atoms with van der Waals surface area (Å²) in [6.07, 6.45) is -1.14. The number of piperidine rings is 1. The molecule has 3 heterocycles. The summed E-state index contributed by atoms with van der Waals surface area (Å²) in [5.74, 6) is 1.87. The Kier molecular flexibility index (Phi) is 4.28. The lowest BCUT2D eigenvalue weighted by Gasteiger charge is -2.19. The van der Waals surface area contributed by atoms with Gasteiger partial charge in [0.1, 0.15) is 5.82 Å². The number of carbonyl (C=O) groups excluding carboxylic acids is 1. The Morgan fingerprint density at radius 3 is 2.43 bits per heavy atom. The molecule has 0 N–H and O–H groups in total. The second-order valence-corrected chi connectivity index (χ2v) is 8.14. The van der Waals surface area contributed by atoms with E-state index in [-0.39, 0.29) is 23.6 Å². The summed E-state index contributed by atoms with van der Waals surface area (Å²) < 4.78 is 41.9. The minimum absolute atomic E-state index is 0.0409. The number of hydrogen-bond acceptors (Lipinski definition) is 3. The average molecular weight is 392 g/mol. The maximum Gasteiger partial charge on any atom is 0.418 e. The van der Waals surface area contributed by atoms with Crippen LogP contribution in [0.4, 0.5) is 13.2 Å². The lowest BCUT2D eigenvalue weighted by atomic mass is 10.1. The van der Waals surface area contributed by atoms with E-state index in [0.29, 0.717) is 23.1 Å². The molecular weight excluding hydrogens is 369 g/mol. The summed E-state index contributed by atoms with van der Waals surface area (Å²) in [6, 6.07) is 1.39. The third kappa shape index (κ3) is 3.08. The predicted molar refractivity (Wildman–Crippen MR) is 97.6 cm³/mol. The molecule has 1 aliphatic carbocycles. The van der Waals surface area contributed by atoms with Crippen molar-refractivity contribution in [3.05, 3.63) is 35.5 Å². The summed E-state index contributed by atoms with van der Waals surface area (Å²) in [6.45, 7) is 8.46. The van der Waals surface area contributed by atoms with E-state index in [1.807, 2.05) is 24.9 Å². The molecule has 0 spiro atoms. The van der Waals surface area contributed by atoms with Crippen LogP contribution in [0.15, 0.2) is 18.5 Å². The van der Waals surface area contributed by atoms with E-state index in [1.165, 1.54) is 13.1 Å². The maximum absolute atomic E-state index is 13.3. The number of pyridine rings is 1. The zero-order valence-corrected chi connectivity index (χ0v) is 16.3. The molecule has 1 saturated heterocycles. The van der Waals surface area contributed by atoms with Gasteiger partial charge in [0.2, 0.25) is 5.91 Å². The standard InChI is InChI=1S/C20H23F3N4O/c1-10(2)19-25-17(13-5-16(20(21,22)23)11(3)24-6-13)9-27(19)18-14-7-26(12(4)28)8-15(14)18/h5-6,9-10,14-15,18H,7-8H2,1-4H3/t14-,15+,18+. The lowest BCUT2D eigenvalue weighted by molar-refractivity contribution is -0.138. The van der Waals surface area contributed by atoms with Crippen LogP contribution in [0.25, 0.3) is 11.3 Å². The largest absolute Gasteiger partial charge is 0.418 e. The number of rotatable bonds is 3. The Morgan fingerprint density at radius 1 is 1.25 bits per heavy atom. The molecule has 2 aromatic heterocycles. The first-order chi connectivity index (χ1) is 13.1. The van der Waals surface area contributed by atoms with Crippen LogP contribution >= 0.6 is 0 Å². The molecule has 0 radical (unpaired) electrons. The number of aromatic nitrogens is 3. The minimum atomic E-state index is -4.44. The van der Waals surface area contributed by atoms with Crippen LogP contribution in [0.5, 0.6) is 0 Å². The van der Waals surface area contributed by atoms with E-state index in [4.69, 9.17) is 0 Å². The highest BCUT2D eigenvalue weighted by Gasteiger charge is 2.58. The smallest absolute Gasteiger partial charge is 0.342 e. The van der Waals surface area contributed by atoms with E-state index in [1.54, 1.807) is 6.92 Å². The zero-order chi connectivity index (χ0) is 20.4. The first-order valence-electron chi connectivity index (χ1n) is 9.46. The van der Waals surface area contributed by atoms with Gasteiger partial charge >= 0.3 is 6.18 Å². The van der Waals surface area contributed by atoms with Gasteiger partial charge in [-0.1, -0.05) is 13.8 Å². The molecule has 150 valence electrons. The lowest BCUT2D eigenvalue weighted by Crippen LogP contribution is -2.29. The van der Waals surface area contributed by atoms with Crippen LogP contribution in [-0.4, -0.2) is 38.4 Å². The van der Waals surface area contributed by atoms with Crippen molar-refractivity contribution >= 4 is 5.91 Å². The topological polar surface area (TPSA) is 51.0 Å². The Hall–Kier alpha value is -2.38. The second kappa shape index (κ2) is 6.32. The van der Waals surface area contributed by atoms with Crippen LogP contribution in [-0.2, 0) is 11.0 Å². The predicted octanol–water partition coefficient (Wildman–Crippen LogP) is 4.04. The van der Waals surface area contributed by atoms with Crippen molar-refractivity contribution in [1.82, 2.24) is 19.4 Å². The SMILES string of the molecule is CC(=O)N1C[C@@H]2[C@H](C1)[C@H]2n1cc(-c2cnc(C)c(C(F)(F)F)c2)nc1C(C)C. The van der Waals surface area contributed by atoms with Gasteiger partial charge in [-0.3, -0.25) is 9.78 Å². The normalized spacial score (nSPS) is 24.0. The zero-order valence-electron chi connectivity index (χ0n) is 16.3. The Bertz CT molecular complexity index is 922. The third-order valence-corrected chi connectivity index (χ3v) is 5.88. The number of hydrogen-bond donors (Lipinski definition) is 0. The van der Waals surface area contributed by atoms with Crippen LogP contribution in [0.1, 0.15) is 49.8 Å². The summed E-state index contributed by atoms with van der Waals surface area (Å²) in [7, 11) is 0. The fraction of sp³-hybridized carbons (Fsp3) is 0.550. The van der Waals surface area contributed by atoms with Gasteiger partial charge in [0.15, 0.2) is 0 Å². The van der Waals surface area contributed by atoms with Crippen molar-refractivity contribution in [3.63, 3.8) is 0 Å². The minimum Gasteiger partial charge on any atom is -0.342 e. The molecule has 2 fully saturated rings. The highest BCUT2D eigenvalue weighted by Crippen LogP contribution is 2.56. The number of aryl methyl sites for hydroxylation is 1. The fourth-order valence-corrected chi connectivity index (χ4v) is 4.34. The molecule has 1 saturated carbocycles. The molecular formula is C20H23F3N4O. The number of halogens is 3. The maximum atomic E-state index is 13.3. The van der Waals surface area contributed by atoms with Crippen molar-refractivity contribution in [2.75, 3.05) is 13.1 Å². The van der Waals surface area contributed by atoms with Gasteiger partial charge in [-0.15, -0.1) is 0 Å². The molecule has 0 unspecified atom stereocenters. The molecule has 2 aromatic rings. The van der Waals surface area contributed by atoms with Crippen molar-refractivity contribution in [2.45, 2.75) is 45.8 Å². The van der Waals surface area contributed by atoms with Gasteiger partial charge in [-0.2, -0.15) is 13.2 Å². The van der Waals surface area contributed by atoms with Gasteiger partial charge in [0.25, 0.3) is 0 Å². The molecule has 1 aliphatic heterocycles. The summed E-state index contributed by atoms with van der Waals surface area (Å²) >= 11 is 0. The van der Waals surface area contributed by atoms with Crippen LogP contribution in [0.2, 0.25) is 0 Å². The highest BCUT2D eigenvalue weighted by atomic mass is 19.4. The highest BCUT2D eigenvalue weighted by molar-refractivity contribution is 5.74. The van der Waals surface area contributed by atoms with Gasteiger partial charge in [0.05, 0.1) is 11.3 Å². The summed E-state index contributed by atoms with van der Waals surface area (Å²) in [5.41, 5.74) is 0.108. The van der Waals surface area contributed by atoms with Gasteiger partial charge in [-0.05, 0) is 13.0 Å². The van der Waals surface area contributed by atoms with E-state index in [0.717, 1.165) is 25.0 Å². The molecule has 8 heteroatoms. The average Bonchev–Trinajstić information content (AvgIpc) is 2.99. The Labute approximate surface area is 161 Å². The summed E-state index contributed by atoms with van der Waals surface area (Å²) in [5, 5.41) is 0. The number of carbonyl (C=O) groups is 1. The monoisotopic (exact) mass is 392 g/mol. The Morgan fingerprint density at radius 2 is 1.89 bits per heavy atom. The molecule has 2 aliphatic rings. The number of likely N-dealkylation sites (tertiary alicyclic amines) is 1. The Balaban J connectivity index is 1.67. The molecule has 3 atom stereocenters. The molecule has 4 rings (SSSR count). The number of imidazole rings is 1. The first kappa shape index (κ1) is 19.0. The number of fused-ring (bicyclic) bond motifs is 1. The molecule has 0 aromatic carbocycles. The number of nitrogens with zero attached hydrogens (tertiary/aromatic N) is 4. The van der Waals surface area contributed by atoms with E-state index in [9.17, 15) is 18.0 Å². The van der Waals surface area contributed by atoms with E-state index in [2.05, 4.69) is 14.5 Å². The van der Waals surface area contributed by atoms with Gasteiger partial charge in [-0.25, -0.2) is 4.98 Å². The first-order valence-corrected chi connectivity index (χ1v) is 9.46. The van der Waals surface area contributed by atoms with Gasteiger partial charge in [0, 0.05) is 67.5 Å². The van der Waals surface area contributed by atoms with Crippen molar-refractivity contribution in [2.24, 2.45) is 11.8 Å². The summed E-state index contributed by atoms with van der Waals surface area (Å²) in [4.78, 5) is 22.0. The number of alkyl halides is 3. The van der Waals surface area contributed by atoms with Crippen molar-refractivity contribution in [3.8, 4) is 11.3 Å². The fourth-order valence-electron chi connectivity index (χ4n) is 4.34. The number of amides is 1. The van der Waals surface area contributed by atoms with Crippen molar-refractivity contribution in [1.29, 1.82) is 0 Å². The molecule has 1 amide bonds. The van der Waals surface area contributed by atoms with E-state index >= 15 is 0 Å².